The van der Waals surface area contributed by atoms with Crippen molar-refractivity contribution in [3.63, 3.8) is 0 Å². The molecule has 0 atom stereocenters. The Balaban J connectivity index is 1.18. The maximum absolute atomic E-state index is 14.2. The van der Waals surface area contributed by atoms with E-state index in [0.717, 1.165) is 50.1 Å². The second-order valence-electron chi connectivity index (χ2n) is 13.1. The first-order valence-corrected chi connectivity index (χ1v) is 15.9. The van der Waals surface area contributed by atoms with Gasteiger partial charge in [-0.05, 0) is 101 Å². The molecule has 6 rings (SSSR count). The minimum absolute atomic E-state index is 0.0255. The lowest BCUT2D eigenvalue weighted by molar-refractivity contribution is 0.0120. The smallest absolute Gasteiger partial charge is 0.410 e. The Morgan fingerprint density at radius 1 is 0.913 bits per heavy atom. The van der Waals surface area contributed by atoms with Gasteiger partial charge in [0.1, 0.15) is 34.7 Å². The SMILES string of the molecule is COc1ccc(Oc2ccc(-n3c(=O)n(C4CCN(C5CCN(C(=O)OC(C)(C)C)CC5)CC4)c4ncnc(N)c43)cc2C)cc1. The number of fused-ring (bicyclic) bond motifs is 1. The van der Waals surface area contributed by atoms with Crippen molar-refractivity contribution in [3.05, 3.63) is 64.8 Å². The van der Waals surface area contributed by atoms with Crippen LogP contribution in [0.15, 0.2) is 53.6 Å². The van der Waals surface area contributed by atoms with Crippen LogP contribution in [0.3, 0.4) is 0 Å². The molecule has 12 heteroatoms. The first-order chi connectivity index (χ1) is 22.0. The van der Waals surface area contributed by atoms with E-state index in [1.54, 1.807) is 16.2 Å². The van der Waals surface area contributed by atoms with Gasteiger partial charge in [-0.25, -0.2) is 19.6 Å². The Kier molecular flexibility index (Phi) is 8.65. The molecule has 12 nitrogen and oxygen atoms in total. The van der Waals surface area contributed by atoms with Crippen molar-refractivity contribution in [1.29, 1.82) is 0 Å². The molecular weight excluding hydrogens is 586 g/mol. The number of aryl methyl sites for hydroxylation is 1. The lowest BCUT2D eigenvalue weighted by Gasteiger charge is -2.42. The normalized spacial score (nSPS) is 16.9. The summed E-state index contributed by atoms with van der Waals surface area (Å²) in [5.41, 5.74) is 8.28. The van der Waals surface area contributed by atoms with Crippen LogP contribution in [0.5, 0.6) is 17.2 Å². The number of ether oxygens (including phenoxy) is 3. The number of anilines is 1. The molecule has 2 aromatic carbocycles. The van der Waals surface area contributed by atoms with Crippen LogP contribution in [0.25, 0.3) is 16.9 Å². The van der Waals surface area contributed by atoms with Crippen LogP contribution in [0, 0.1) is 6.92 Å². The fourth-order valence-corrected chi connectivity index (χ4v) is 6.54. The number of imidazole rings is 1. The molecule has 2 N–H and O–H groups in total. The molecule has 2 aliphatic rings. The number of nitrogens with two attached hydrogens (primary N) is 1. The Hall–Kier alpha value is -4.58. The van der Waals surface area contributed by atoms with E-state index < -0.39 is 5.60 Å². The van der Waals surface area contributed by atoms with Gasteiger partial charge in [0.05, 0.1) is 12.8 Å². The quantitative estimate of drug-likeness (QED) is 0.302. The van der Waals surface area contributed by atoms with Gasteiger partial charge in [-0.2, -0.15) is 0 Å². The molecule has 0 radical (unpaired) electrons. The van der Waals surface area contributed by atoms with Crippen LogP contribution < -0.4 is 20.9 Å². The molecular formula is C34H43N7O5. The summed E-state index contributed by atoms with van der Waals surface area (Å²) in [4.78, 5) is 39.8. The summed E-state index contributed by atoms with van der Waals surface area (Å²) < 4.78 is 20.3. The molecule has 0 bridgehead atoms. The number of hydrogen-bond acceptors (Lipinski definition) is 9. The Labute approximate surface area is 268 Å². The van der Waals surface area contributed by atoms with Crippen molar-refractivity contribution in [2.45, 2.75) is 71.1 Å². The number of likely N-dealkylation sites (tertiary alicyclic amines) is 2. The van der Waals surface area contributed by atoms with E-state index in [4.69, 9.17) is 19.9 Å². The summed E-state index contributed by atoms with van der Waals surface area (Å²) in [7, 11) is 1.62. The number of nitrogen functional groups attached to an aromatic ring is 1. The third-order valence-electron chi connectivity index (χ3n) is 8.88. The summed E-state index contributed by atoms with van der Waals surface area (Å²) >= 11 is 0. The highest BCUT2D eigenvalue weighted by molar-refractivity contribution is 5.84. The standard InChI is InChI=1S/C34H43N7O5/c1-22-20-25(6-11-28(22)45-27-9-7-26(44-5)8-10-27)40-29-30(35)36-21-37-31(29)41(32(40)42)24-14-16-38(17-15-24)23-12-18-39(19-13-23)33(43)46-34(2,3)4/h6-11,20-21,23-24H,12-19H2,1-5H3,(H2,35,36,37). The molecule has 2 aromatic heterocycles. The van der Waals surface area contributed by atoms with Crippen LogP contribution in [-0.2, 0) is 4.74 Å². The highest BCUT2D eigenvalue weighted by atomic mass is 16.6. The first kappa shape index (κ1) is 31.4. The lowest BCUT2D eigenvalue weighted by Crippen LogP contribution is -2.50. The molecule has 4 heterocycles. The van der Waals surface area contributed by atoms with Crippen molar-refractivity contribution in [3.8, 4) is 22.9 Å². The maximum Gasteiger partial charge on any atom is 0.410 e. The van der Waals surface area contributed by atoms with E-state index >= 15 is 0 Å². The topological polar surface area (TPSA) is 130 Å². The van der Waals surface area contributed by atoms with Gasteiger partial charge in [-0.3, -0.25) is 9.13 Å². The molecule has 0 aliphatic carbocycles. The molecule has 2 aliphatic heterocycles. The lowest BCUT2D eigenvalue weighted by atomic mass is 9.98. The van der Waals surface area contributed by atoms with E-state index in [1.807, 2.05) is 75.1 Å². The minimum atomic E-state index is -0.499. The Morgan fingerprint density at radius 3 is 2.20 bits per heavy atom. The van der Waals surface area contributed by atoms with Crippen molar-refractivity contribution < 1.29 is 19.0 Å². The number of piperidine rings is 2. The average molecular weight is 630 g/mol. The van der Waals surface area contributed by atoms with Gasteiger partial charge in [-0.1, -0.05) is 0 Å². The van der Waals surface area contributed by atoms with Crippen LogP contribution in [-0.4, -0.2) is 79.9 Å². The molecule has 4 aromatic rings. The second-order valence-corrected chi connectivity index (χ2v) is 13.1. The van der Waals surface area contributed by atoms with E-state index in [0.29, 0.717) is 47.5 Å². The van der Waals surface area contributed by atoms with Crippen LogP contribution >= 0.6 is 0 Å². The van der Waals surface area contributed by atoms with Gasteiger partial charge >= 0.3 is 11.8 Å². The third kappa shape index (κ3) is 6.39. The summed E-state index contributed by atoms with van der Waals surface area (Å²) in [5, 5.41) is 0. The highest BCUT2D eigenvalue weighted by Crippen LogP contribution is 2.32. The van der Waals surface area contributed by atoms with Crippen molar-refractivity contribution >= 4 is 23.1 Å². The van der Waals surface area contributed by atoms with Crippen molar-refractivity contribution in [2.75, 3.05) is 39.0 Å². The number of rotatable bonds is 6. The molecule has 0 spiro atoms. The molecule has 2 fully saturated rings. The Morgan fingerprint density at radius 2 is 1.57 bits per heavy atom. The third-order valence-corrected chi connectivity index (χ3v) is 8.88. The number of amides is 1. The second kappa shape index (κ2) is 12.7. The fraction of sp³-hybridized carbons (Fsp3) is 0.471. The number of methoxy groups -OCH3 is 1. The summed E-state index contributed by atoms with van der Waals surface area (Å²) in [6.45, 7) is 10.7. The predicted octanol–water partition coefficient (Wildman–Crippen LogP) is 5.31. The van der Waals surface area contributed by atoms with Gasteiger partial charge < -0.3 is 29.7 Å². The zero-order chi connectivity index (χ0) is 32.6. The number of carbonyl (C=O) groups is 1. The number of aromatic nitrogens is 4. The number of carbonyl (C=O) groups excluding carboxylic acids is 1. The first-order valence-electron chi connectivity index (χ1n) is 15.9. The van der Waals surface area contributed by atoms with E-state index in [-0.39, 0.29) is 23.6 Å². The van der Waals surface area contributed by atoms with Gasteiger partial charge in [0, 0.05) is 38.3 Å². The van der Waals surface area contributed by atoms with E-state index in [9.17, 15) is 9.59 Å². The monoisotopic (exact) mass is 629 g/mol. The number of nitrogens with zero attached hydrogens (tertiary/aromatic N) is 6. The predicted molar refractivity (Wildman–Crippen MR) is 176 cm³/mol. The van der Waals surface area contributed by atoms with Crippen molar-refractivity contribution in [2.24, 2.45) is 0 Å². The van der Waals surface area contributed by atoms with Crippen molar-refractivity contribution in [1.82, 2.24) is 28.9 Å². The zero-order valence-corrected chi connectivity index (χ0v) is 27.2. The molecule has 244 valence electrons. The van der Waals surface area contributed by atoms with Crippen LogP contribution in [0.2, 0.25) is 0 Å². The molecule has 46 heavy (non-hydrogen) atoms. The number of benzene rings is 2. The largest absolute Gasteiger partial charge is 0.497 e. The number of hydrogen-bond donors (Lipinski definition) is 1. The van der Waals surface area contributed by atoms with Crippen LogP contribution in [0.4, 0.5) is 10.6 Å². The summed E-state index contributed by atoms with van der Waals surface area (Å²) in [6.07, 6.45) is 4.61. The molecule has 1 amide bonds. The summed E-state index contributed by atoms with van der Waals surface area (Å²) in [5.74, 6) is 2.37. The molecule has 0 saturated carbocycles. The van der Waals surface area contributed by atoms with E-state index in [1.165, 1.54) is 6.33 Å². The Bertz CT molecular complexity index is 1760. The zero-order valence-electron chi connectivity index (χ0n) is 27.2. The van der Waals surface area contributed by atoms with Gasteiger partial charge in [0.15, 0.2) is 11.5 Å². The fourth-order valence-electron chi connectivity index (χ4n) is 6.54. The van der Waals surface area contributed by atoms with Crippen LogP contribution in [0.1, 0.15) is 58.1 Å². The van der Waals surface area contributed by atoms with E-state index in [2.05, 4.69) is 14.9 Å². The van der Waals surface area contributed by atoms with Gasteiger partial charge in [0.2, 0.25) is 0 Å². The molecule has 2 saturated heterocycles. The highest BCUT2D eigenvalue weighted by Gasteiger charge is 2.33. The average Bonchev–Trinajstić information content (AvgIpc) is 3.34. The summed E-state index contributed by atoms with van der Waals surface area (Å²) in [6, 6.07) is 13.4. The van der Waals surface area contributed by atoms with Gasteiger partial charge in [0.25, 0.3) is 0 Å². The maximum atomic E-state index is 14.2. The molecule has 0 unspecified atom stereocenters. The minimum Gasteiger partial charge on any atom is -0.497 e. The van der Waals surface area contributed by atoms with Gasteiger partial charge in [-0.15, -0.1) is 0 Å².